The van der Waals surface area contributed by atoms with Gasteiger partial charge in [0.1, 0.15) is 0 Å². The Labute approximate surface area is 419 Å². The number of ether oxygens (including phenoxy) is 2. The van der Waals surface area contributed by atoms with E-state index in [1.54, 1.807) is 0 Å². The van der Waals surface area contributed by atoms with Crippen molar-refractivity contribution in [2.45, 2.75) is 285 Å². The summed E-state index contributed by atoms with van der Waals surface area (Å²) in [5.41, 5.74) is 0. The number of nitrogens with zero attached hydrogens (tertiary/aromatic N) is 2. The molecule has 0 aromatic carbocycles. The number of unbranched alkanes of at least 4 members (excludes halogenated alkanes) is 21. The Kier molecular flexibility index (Phi) is 49.7. The van der Waals surface area contributed by atoms with Crippen molar-refractivity contribution in [3.05, 3.63) is 0 Å². The van der Waals surface area contributed by atoms with E-state index in [1.807, 2.05) is 21.6 Å². The van der Waals surface area contributed by atoms with Gasteiger partial charge in [0, 0.05) is 43.4 Å². The lowest BCUT2D eigenvalue weighted by atomic mass is 9.96. The van der Waals surface area contributed by atoms with Crippen LogP contribution in [-0.4, -0.2) is 85.6 Å². The van der Waals surface area contributed by atoms with E-state index in [0.29, 0.717) is 56.3 Å². The normalized spacial score (nSPS) is 13.0. The van der Waals surface area contributed by atoms with Crippen LogP contribution in [0.15, 0.2) is 0 Å². The maximum Gasteiger partial charge on any atom is 0.305 e. The van der Waals surface area contributed by atoms with Crippen LogP contribution in [0.3, 0.4) is 0 Å². The van der Waals surface area contributed by atoms with Gasteiger partial charge < -0.3 is 19.3 Å². The molecule has 0 saturated heterocycles. The molecule has 0 aromatic heterocycles. The third-order valence-corrected chi connectivity index (χ3v) is 16.0. The minimum absolute atomic E-state index is 0.00806. The summed E-state index contributed by atoms with van der Waals surface area (Å²) in [6.45, 7) is 14.4. The molecule has 0 aromatic rings. The fourth-order valence-corrected chi connectivity index (χ4v) is 11.2. The molecule has 1 amide bonds. The summed E-state index contributed by atoms with van der Waals surface area (Å²) < 4.78 is 11.6. The van der Waals surface area contributed by atoms with Gasteiger partial charge >= 0.3 is 11.9 Å². The van der Waals surface area contributed by atoms with Gasteiger partial charge in [0.2, 0.25) is 5.91 Å². The first kappa shape index (κ1) is 65.1. The molecule has 0 aliphatic carbocycles. The van der Waals surface area contributed by atoms with Gasteiger partial charge in [-0.05, 0) is 103 Å². The third kappa shape index (κ3) is 43.1. The molecule has 2 unspecified atom stereocenters. The maximum absolute atomic E-state index is 14.0. The van der Waals surface area contributed by atoms with Gasteiger partial charge in [-0.3, -0.25) is 14.4 Å². The first-order chi connectivity index (χ1) is 32.2. The Morgan fingerprint density at radius 2 is 0.773 bits per heavy atom. The van der Waals surface area contributed by atoms with Crippen molar-refractivity contribution in [1.29, 1.82) is 0 Å². The summed E-state index contributed by atoms with van der Waals surface area (Å²) in [6.07, 6.45) is 43.0. The topological polar surface area (TPSA) is 76.2 Å². The molecule has 0 heterocycles. The second-order valence-corrected chi connectivity index (χ2v) is 23.0. The molecule has 0 radical (unpaired) electrons. The second-order valence-electron chi connectivity index (χ2n) is 20.3. The zero-order chi connectivity index (χ0) is 48.6. The first-order valence-corrected chi connectivity index (χ1v) is 31.2. The molecule has 2 atom stereocenters. The molecular formula is C57H112N2O5S2. The number of hydrogen-bond donors (Lipinski definition) is 0. The fourth-order valence-electron chi connectivity index (χ4n) is 9.08. The molecular weight excluding hydrogens is 857 g/mol. The molecule has 66 heavy (non-hydrogen) atoms. The van der Waals surface area contributed by atoms with E-state index >= 15 is 0 Å². The van der Waals surface area contributed by atoms with Gasteiger partial charge in [0.05, 0.1) is 13.2 Å². The number of carbonyl (C=O) groups excluding carboxylic acids is 3. The monoisotopic (exact) mass is 969 g/mol. The molecule has 392 valence electrons. The van der Waals surface area contributed by atoms with Gasteiger partial charge in [0.25, 0.3) is 0 Å². The summed E-state index contributed by atoms with van der Waals surface area (Å²) in [6, 6.07) is 0.309. The number of amides is 1. The van der Waals surface area contributed by atoms with E-state index in [1.165, 1.54) is 153 Å². The Morgan fingerprint density at radius 1 is 0.394 bits per heavy atom. The Morgan fingerprint density at radius 3 is 1.24 bits per heavy atom. The largest absolute Gasteiger partial charge is 0.465 e. The van der Waals surface area contributed by atoms with Crippen LogP contribution < -0.4 is 0 Å². The van der Waals surface area contributed by atoms with Crippen LogP contribution in [0.5, 0.6) is 0 Å². The van der Waals surface area contributed by atoms with Crippen LogP contribution in [0.1, 0.15) is 279 Å². The lowest BCUT2D eigenvalue weighted by Crippen LogP contribution is -2.41. The Balaban J connectivity index is 5.05. The van der Waals surface area contributed by atoms with E-state index in [9.17, 15) is 14.4 Å². The summed E-state index contributed by atoms with van der Waals surface area (Å²) >= 11 is 0. The minimum atomic E-state index is -0.00806. The fraction of sp³-hybridized carbons (Fsp3) is 0.947. The zero-order valence-electron chi connectivity index (χ0n) is 45.1. The molecule has 0 aliphatic rings. The van der Waals surface area contributed by atoms with Crippen molar-refractivity contribution in [2.75, 3.05) is 51.9 Å². The molecule has 0 N–H and O–H groups in total. The van der Waals surface area contributed by atoms with E-state index in [-0.39, 0.29) is 11.9 Å². The molecule has 0 rings (SSSR count). The van der Waals surface area contributed by atoms with Gasteiger partial charge in [-0.25, -0.2) is 0 Å². The second kappa shape index (κ2) is 50.5. The summed E-state index contributed by atoms with van der Waals surface area (Å²) in [7, 11) is 8.10. The van der Waals surface area contributed by atoms with Gasteiger partial charge in [-0.15, -0.1) is 0 Å². The molecule has 0 fully saturated rings. The van der Waals surface area contributed by atoms with Crippen molar-refractivity contribution in [1.82, 2.24) is 9.80 Å². The zero-order valence-corrected chi connectivity index (χ0v) is 46.7. The number of esters is 2. The highest BCUT2D eigenvalue weighted by Gasteiger charge is 2.23. The first-order valence-electron chi connectivity index (χ1n) is 28.7. The summed E-state index contributed by atoms with van der Waals surface area (Å²) in [5.74, 6) is 3.45. The number of carbonyl (C=O) groups is 3. The van der Waals surface area contributed by atoms with Gasteiger partial charge in [-0.2, -0.15) is 0 Å². The highest BCUT2D eigenvalue weighted by molar-refractivity contribution is 8.76. The van der Waals surface area contributed by atoms with Crippen LogP contribution in [0.25, 0.3) is 0 Å². The van der Waals surface area contributed by atoms with Gasteiger partial charge in [-0.1, -0.05) is 210 Å². The third-order valence-electron chi connectivity index (χ3n) is 13.5. The van der Waals surface area contributed by atoms with Crippen LogP contribution >= 0.6 is 21.6 Å². The van der Waals surface area contributed by atoms with Crippen molar-refractivity contribution in [3.8, 4) is 0 Å². The average molecular weight is 970 g/mol. The van der Waals surface area contributed by atoms with Crippen molar-refractivity contribution < 1.29 is 23.9 Å². The average Bonchev–Trinajstić information content (AvgIpc) is 3.31. The molecule has 0 saturated carbocycles. The molecule has 9 heteroatoms. The standard InChI is InChI=1S/C57H112N2O5S2/c1-8-13-18-28-39-52(37-16-11-4)50-63-56(61)43-32-26-22-20-24-30-41-54(59(47-35-34-46-58(6)7)55(60)45-49-66-65-48-36-15-10-3)42-31-25-21-23-27-33-44-57(62)64-51-53(38-17-12-5)40-29-19-14-9-2/h52-54H,8-51H2,1-7H3. The highest BCUT2D eigenvalue weighted by atomic mass is 33.1. The van der Waals surface area contributed by atoms with Crippen molar-refractivity contribution in [3.63, 3.8) is 0 Å². The Bertz CT molecular complexity index is 1010. The predicted molar refractivity (Wildman–Crippen MR) is 292 cm³/mol. The van der Waals surface area contributed by atoms with Crippen LogP contribution in [0, 0.1) is 11.8 Å². The van der Waals surface area contributed by atoms with E-state index in [4.69, 9.17) is 9.47 Å². The van der Waals surface area contributed by atoms with E-state index in [0.717, 1.165) is 95.9 Å². The smallest absolute Gasteiger partial charge is 0.305 e. The minimum Gasteiger partial charge on any atom is -0.465 e. The molecule has 0 aliphatic heterocycles. The lowest BCUT2D eigenvalue weighted by molar-refractivity contribution is -0.146. The molecule has 0 spiro atoms. The molecule has 0 bridgehead atoms. The summed E-state index contributed by atoms with van der Waals surface area (Å²) in [4.78, 5) is 43.8. The maximum atomic E-state index is 14.0. The number of hydrogen-bond acceptors (Lipinski definition) is 8. The summed E-state index contributed by atoms with van der Waals surface area (Å²) in [5, 5.41) is 0. The quantitative estimate of drug-likeness (QED) is 0.0339. The van der Waals surface area contributed by atoms with Gasteiger partial charge in [0.15, 0.2) is 0 Å². The van der Waals surface area contributed by atoms with E-state index in [2.05, 4.69) is 58.5 Å². The Hall–Kier alpha value is -0.930. The number of rotatable bonds is 52. The molecule has 7 nitrogen and oxygen atoms in total. The van der Waals surface area contributed by atoms with Crippen LogP contribution in [0.2, 0.25) is 0 Å². The van der Waals surface area contributed by atoms with Crippen LogP contribution in [0.4, 0.5) is 0 Å². The highest BCUT2D eigenvalue weighted by Crippen LogP contribution is 2.26. The van der Waals surface area contributed by atoms with Crippen molar-refractivity contribution in [2.24, 2.45) is 11.8 Å². The SMILES string of the molecule is CCCCCCC(CCCC)COC(=O)CCCCCCCCC(CCCCCCCCC(=O)OCC(CCCC)CCCCCC)N(CCCCN(C)C)C(=O)CCSSCCCCC. The van der Waals surface area contributed by atoms with E-state index < -0.39 is 0 Å². The predicted octanol–water partition coefficient (Wildman–Crippen LogP) is 17.4. The van der Waals surface area contributed by atoms with Crippen molar-refractivity contribution >= 4 is 39.4 Å². The lowest BCUT2D eigenvalue weighted by Gasteiger charge is -2.33. The van der Waals surface area contributed by atoms with Crippen LogP contribution in [-0.2, 0) is 23.9 Å².